The van der Waals surface area contributed by atoms with Crippen LogP contribution in [0.2, 0.25) is 0 Å². The van der Waals surface area contributed by atoms with Gasteiger partial charge in [0.1, 0.15) is 5.75 Å². The van der Waals surface area contributed by atoms with E-state index in [1.54, 1.807) is 13.2 Å². The van der Waals surface area contributed by atoms with E-state index in [2.05, 4.69) is 15.5 Å². The minimum Gasteiger partial charge on any atom is -0.496 e. The Bertz CT molecular complexity index is 633. The van der Waals surface area contributed by atoms with Gasteiger partial charge in [-0.2, -0.15) is 0 Å². The third-order valence-corrected chi connectivity index (χ3v) is 3.65. The van der Waals surface area contributed by atoms with E-state index in [0.29, 0.717) is 11.3 Å². The SMILES string of the molecule is COc1ccccc1-c1nnc(C(=O)NC2CCCC2)o1. The zero-order chi connectivity index (χ0) is 14.7. The molecule has 3 rings (SSSR count). The lowest BCUT2D eigenvalue weighted by Crippen LogP contribution is -2.32. The van der Waals surface area contributed by atoms with Gasteiger partial charge in [0.05, 0.1) is 12.7 Å². The molecule has 0 bridgehead atoms. The van der Waals surface area contributed by atoms with Crippen molar-refractivity contribution < 1.29 is 13.9 Å². The molecule has 1 N–H and O–H groups in total. The normalized spacial score (nSPS) is 15.1. The van der Waals surface area contributed by atoms with Gasteiger partial charge in [0.15, 0.2) is 0 Å². The van der Waals surface area contributed by atoms with E-state index < -0.39 is 0 Å². The molecular weight excluding hydrogens is 270 g/mol. The maximum absolute atomic E-state index is 12.1. The molecule has 1 aromatic heterocycles. The Morgan fingerprint density at radius 2 is 2.05 bits per heavy atom. The Morgan fingerprint density at radius 1 is 1.29 bits per heavy atom. The topological polar surface area (TPSA) is 77.2 Å². The standard InChI is InChI=1S/C15H17N3O3/c1-20-12-9-5-4-8-11(12)14-17-18-15(21-14)13(19)16-10-6-2-3-7-10/h4-5,8-10H,2-3,6-7H2,1H3,(H,16,19). The Morgan fingerprint density at radius 3 is 2.81 bits per heavy atom. The Hall–Kier alpha value is -2.37. The number of para-hydroxylation sites is 1. The third-order valence-electron chi connectivity index (χ3n) is 3.65. The van der Waals surface area contributed by atoms with E-state index in [0.717, 1.165) is 25.7 Å². The molecule has 1 saturated carbocycles. The first kappa shape index (κ1) is 13.6. The summed E-state index contributed by atoms with van der Waals surface area (Å²) in [5.41, 5.74) is 0.674. The maximum Gasteiger partial charge on any atom is 0.309 e. The Kier molecular flexibility index (Phi) is 3.85. The van der Waals surface area contributed by atoms with E-state index in [4.69, 9.17) is 9.15 Å². The third kappa shape index (κ3) is 2.89. The van der Waals surface area contributed by atoms with Gasteiger partial charge in [0, 0.05) is 6.04 Å². The summed E-state index contributed by atoms with van der Waals surface area (Å²) in [5, 5.41) is 10.7. The minimum atomic E-state index is -0.310. The van der Waals surface area contributed by atoms with Crippen molar-refractivity contribution >= 4 is 5.91 Å². The molecule has 0 aliphatic heterocycles. The number of hydrogen-bond acceptors (Lipinski definition) is 5. The van der Waals surface area contributed by atoms with Gasteiger partial charge in [-0.1, -0.05) is 25.0 Å². The molecule has 0 unspecified atom stereocenters. The lowest BCUT2D eigenvalue weighted by atomic mass is 10.2. The van der Waals surface area contributed by atoms with Crippen LogP contribution >= 0.6 is 0 Å². The number of ether oxygens (including phenoxy) is 1. The van der Waals surface area contributed by atoms with Crippen LogP contribution in [0.4, 0.5) is 0 Å². The second-order valence-electron chi connectivity index (χ2n) is 5.07. The van der Waals surface area contributed by atoms with Gasteiger partial charge in [-0.05, 0) is 25.0 Å². The van der Waals surface area contributed by atoms with E-state index in [9.17, 15) is 4.79 Å². The zero-order valence-electron chi connectivity index (χ0n) is 11.8. The molecule has 6 heteroatoms. The summed E-state index contributed by atoms with van der Waals surface area (Å²) in [5.74, 6) is 0.589. The van der Waals surface area contributed by atoms with E-state index in [1.807, 2.05) is 18.2 Å². The van der Waals surface area contributed by atoms with Gasteiger partial charge in [-0.3, -0.25) is 4.79 Å². The molecule has 6 nitrogen and oxygen atoms in total. The molecule has 2 aromatic rings. The fraction of sp³-hybridized carbons (Fsp3) is 0.400. The van der Waals surface area contributed by atoms with Gasteiger partial charge in [0.2, 0.25) is 0 Å². The highest BCUT2D eigenvalue weighted by Crippen LogP contribution is 2.28. The van der Waals surface area contributed by atoms with Crippen LogP contribution in [0.5, 0.6) is 5.75 Å². The number of carbonyl (C=O) groups is 1. The van der Waals surface area contributed by atoms with Crippen molar-refractivity contribution in [1.29, 1.82) is 0 Å². The Labute approximate surface area is 122 Å². The van der Waals surface area contributed by atoms with Crippen molar-refractivity contribution in [2.75, 3.05) is 7.11 Å². The molecule has 1 aliphatic carbocycles. The Balaban J connectivity index is 1.77. The zero-order valence-corrected chi connectivity index (χ0v) is 11.8. The highest BCUT2D eigenvalue weighted by molar-refractivity contribution is 5.90. The van der Waals surface area contributed by atoms with Crippen LogP contribution < -0.4 is 10.1 Å². The molecule has 1 fully saturated rings. The van der Waals surface area contributed by atoms with Crippen molar-refractivity contribution in [2.24, 2.45) is 0 Å². The maximum atomic E-state index is 12.1. The monoisotopic (exact) mass is 287 g/mol. The quantitative estimate of drug-likeness (QED) is 0.934. The van der Waals surface area contributed by atoms with Gasteiger partial charge in [-0.25, -0.2) is 0 Å². The lowest BCUT2D eigenvalue weighted by Gasteiger charge is -2.08. The summed E-state index contributed by atoms with van der Waals surface area (Å²) in [6.07, 6.45) is 4.33. The first-order valence-corrected chi connectivity index (χ1v) is 7.05. The van der Waals surface area contributed by atoms with Gasteiger partial charge >= 0.3 is 11.8 Å². The molecule has 110 valence electrons. The number of amides is 1. The highest BCUT2D eigenvalue weighted by Gasteiger charge is 2.22. The van der Waals surface area contributed by atoms with E-state index in [-0.39, 0.29) is 23.7 Å². The van der Waals surface area contributed by atoms with Crippen LogP contribution in [-0.4, -0.2) is 29.3 Å². The molecule has 1 aliphatic rings. The van der Waals surface area contributed by atoms with Crippen molar-refractivity contribution in [3.63, 3.8) is 0 Å². The smallest absolute Gasteiger partial charge is 0.309 e. The predicted molar refractivity (Wildman–Crippen MR) is 76.0 cm³/mol. The average molecular weight is 287 g/mol. The minimum absolute atomic E-state index is 0.0113. The summed E-state index contributed by atoms with van der Waals surface area (Å²) >= 11 is 0. The van der Waals surface area contributed by atoms with Crippen LogP contribution in [0.15, 0.2) is 28.7 Å². The largest absolute Gasteiger partial charge is 0.496 e. The molecule has 21 heavy (non-hydrogen) atoms. The second-order valence-corrected chi connectivity index (χ2v) is 5.07. The van der Waals surface area contributed by atoms with Gasteiger partial charge in [0.25, 0.3) is 5.89 Å². The molecule has 1 amide bonds. The summed E-state index contributed by atoms with van der Waals surface area (Å²) in [6.45, 7) is 0. The van der Waals surface area contributed by atoms with Crippen LogP contribution in [0.3, 0.4) is 0 Å². The fourth-order valence-electron chi connectivity index (χ4n) is 2.56. The number of hydrogen-bond donors (Lipinski definition) is 1. The molecule has 1 aromatic carbocycles. The number of nitrogens with one attached hydrogen (secondary N) is 1. The van der Waals surface area contributed by atoms with Crippen LogP contribution in [0.1, 0.15) is 36.4 Å². The number of carbonyl (C=O) groups excluding carboxylic acids is 1. The van der Waals surface area contributed by atoms with Crippen molar-refractivity contribution in [1.82, 2.24) is 15.5 Å². The number of rotatable bonds is 4. The first-order valence-electron chi connectivity index (χ1n) is 7.05. The van der Waals surface area contributed by atoms with Crippen molar-refractivity contribution in [3.8, 4) is 17.2 Å². The summed E-state index contributed by atoms with van der Waals surface area (Å²) in [4.78, 5) is 12.1. The van der Waals surface area contributed by atoms with Crippen molar-refractivity contribution in [2.45, 2.75) is 31.7 Å². The fourth-order valence-corrected chi connectivity index (χ4v) is 2.56. The lowest BCUT2D eigenvalue weighted by molar-refractivity contribution is 0.0903. The average Bonchev–Trinajstić information content (AvgIpc) is 3.18. The van der Waals surface area contributed by atoms with E-state index >= 15 is 0 Å². The van der Waals surface area contributed by atoms with Gasteiger partial charge in [-0.15, -0.1) is 10.2 Å². The second kappa shape index (κ2) is 5.95. The highest BCUT2D eigenvalue weighted by atomic mass is 16.5. The molecule has 0 spiro atoms. The molecule has 0 radical (unpaired) electrons. The molecule has 0 saturated heterocycles. The summed E-state index contributed by atoms with van der Waals surface area (Å²) in [6, 6.07) is 7.54. The summed E-state index contributed by atoms with van der Waals surface area (Å²) in [7, 11) is 1.57. The van der Waals surface area contributed by atoms with Crippen LogP contribution in [-0.2, 0) is 0 Å². The number of methoxy groups -OCH3 is 1. The van der Waals surface area contributed by atoms with Crippen LogP contribution in [0, 0.1) is 0 Å². The predicted octanol–water partition coefficient (Wildman–Crippen LogP) is 2.42. The van der Waals surface area contributed by atoms with E-state index in [1.165, 1.54) is 0 Å². The number of aromatic nitrogens is 2. The molecule has 1 heterocycles. The van der Waals surface area contributed by atoms with Crippen molar-refractivity contribution in [3.05, 3.63) is 30.2 Å². The first-order chi connectivity index (χ1) is 10.3. The molecule has 0 atom stereocenters. The number of benzene rings is 1. The van der Waals surface area contributed by atoms with Gasteiger partial charge < -0.3 is 14.5 Å². The number of nitrogens with zero attached hydrogens (tertiary/aromatic N) is 2. The summed E-state index contributed by atoms with van der Waals surface area (Å²) < 4.78 is 10.7. The molecular formula is C15H17N3O3. The van der Waals surface area contributed by atoms with Crippen LogP contribution in [0.25, 0.3) is 11.5 Å².